The summed E-state index contributed by atoms with van der Waals surface area (Å²) in [5.74, 6) is 0. The van der Waals surface area contributed by atoms with Gasteiger partial charge in [-0.1, -0.05) is 44.2 Å². The van der Waals surface area contributed by atoms with Gasteiger partial charge in [-0.05, 0) is 25.3 Å². The van der Waals surface area contributed by atoms with Gasteiger partial charge < -0.3 is 10.1 Å². The Hall–Kier alpha value is -0.900. The summed E-state index contributed by atoms with van der Waals surface area (Å²) in [7, 11) is 0. The number of nitrogens with one attached hydrogen (secondary N) is 1. The first-order chi connectivity index (χ1) is 10.2. The molecule has 3 heteroatoms. The number of benzene rings is 1. The average Bonchev–Trinajstić information content (AvgIpc) is 2.53. The van der Waals surface area contributed by atoms with E-state index < -0.39 is 0 Å². The summed E-state index contributed by atoms with van der Waals surface area (Å²) in [5, 5.41) is 3.76. The summed E-state index contributed by atoms with van der Waals surface area (Å²) >= 11 is 0. The Labute approximate surface area is 129 Å². The smallest absolute Gasteiger partial charge is 0.0593 e. The first kappa shape index (κ1) is 16.5. The molecule has 1 aromatic rings. The van der Waals surface area contributed by atoms with Crippen molar-refractivity contribution in [3.8, 4) is 0 Å². The van der Waals surface area contributed by atoms with Gasteiger partial charge in [-0.25, -0.2) is 0 Å². The molecule has 1 saturated heterocycles. The van der Waals surface area contributed by atoms with Crippen LogP contribution in [0.3, 0.4) is 0 Å². The topological polar surface area (TPSA) is 24.5 Å². The quantitative estimate of drug-likeness (QED) is 0.781. The standard InChI is InChI=1S/C18H30N2O/c1-4-12-21-13-11-20-15-18(3,19-14-17(20)5-2)16-9-7-6-8-10-16/h6-10,17,19H,4-5,11-15H2,1-3H3. The highest BCUT2D eigenvalue weighted by molar-refractivity contribution is 5.25. The molecule has 118 valence electrons. The van der Waals surface area contributed by atoms with Crippen molar-refractivity contribution in [2.45, 2.75) is 45.2 Å². The molecule has 1 N–H and O–H groups in total. The van der Waals surface area contributed by atoms with Crippen LogP contribution in [0.4, 0.5) is 0 Å². The number of piperazine rings is 1. The molecule has 0 bridgehead atoms. The van der Waals surface area contributed by atoms with Gasteiger partial charge >= 0.3 is 0 Å². The molecule has 1 aliphatic rings. The molecule has 1 aliphatic heterocycles. The van der Waals surface area contributed by atoms with Crippen LogP contribution in [0, 0.1) is 0 Å². The monoisotopic (exact) mass is 290 g/mol. The summed E-state index contributed by atoms with van der Waals surface area (Å²) < 4.78 is 5.69. The van der Waals surface area contributed by atoms with E-state index in [-0.39, 0.29) is 5.54 Å². The van der Waals surface area contributed by atoms with Crippen molar-refractivity contribution in [2.75, 3.05) is 32.8 Å². The van der Waals surface area contributed by atoms with Crippen LogP contribution >= 0.6 is 0 Å². The lowest BCUT2D eigenvalue weighted by atomic mass is 9.88. The maximum atomic E-state index is 5.69. The summed E-state index contributed by atoms with van der Waals surface area (Å²) in [5.41, 5.74) is 1.41. The molecule has 0 radical (unpaired) electrons. The van der Waals surface area contributed by atoms with Crippen LogP contribution in [0.25, 0.3) is 0 Å². The Morgan fingerprint density at radius 2 is 2.00 bits per heavy atom. The van der Waals surface area contributed by atoms with E-state index in [1.54, 1.807) is 0 Å². The van der Waals surface area contributed by atoms with Crippen LogP contribution in [0.1, 0.15) is 39.2 Å². The second-order valence-corrected chi connectivity index (χ2v) is 6.22. The van der Waals surface area contributed by atoms with Gasteiger partial charge in [0.1, 0.15) is 0 Å². The predicted molar refractivity (Wildman–Crippen MR) is 88.6 cm³/mol. The number of nitrogens with zero attached hydrogens (tertiary/aromatic N) is 1. The third kappa shape index (κ3) is 4.29. The van der Waals surface area contributed by atoms with Crippen LogP contribution in [0.5, 0.6) is 0 Å². The van der Waals surface area contributed by atoms with Gasteiger partial charge in [0, 0.05) is 32.3 Å². The molecule has 21 heavy (non-hydrogen) atoms. The minimum Gasteiger partial charge on any atom is -0.380 e. The largest absolute Gasteiger partial charge is 0.380 e. The van der Waals surface area contributed by atoms with Crippen LogP contribution in [-0.2, 0) is 10.3 Å². The molecule has 2 atom stereocenters. The van der Waals surface area contributed by atoms with E-state index >= 15 is 0 Å². The van der Waals surface area contributed by atoms with E-state index in [1.807, 2.05) is 0 Å². The van der Waals surface area contributed by atoms with Gasteiger partial charge in [0.2, 0.25) is 0 Å². The zero-order valence-corrected chi connectivity index (χ0v) is 13.8. The number of ether oxygens (including phenoxy) is 1. The van der Waals surface area contributed by atoms with Crippen LogP contribution < -0.4 is 5.32 Å². The lowest BCUT2D eigenvalue weighted by Gasteiger charge is -2.46. The SMILES string of the molecule is CCCOCCN1CC(C)(c2ccccc2)NCC1CC. The van der Waals surface area contributed by atoms with Crippen molar-refractivity contribution in [1.82, 2.24) is 10.2 Å². The first-order valence-electron chi connectivity index (χ1n) is 8.32. The lowest BCUT2D eigenvalue weighted by Crippen LogP contribution is -2.61. The van der Waals surface area contributed by atoms with Gasteiger partial charge in [0.15, 0.2) is 0 Å². The minimum atomic E-state index is 0.0394. The average molecular weight is 290 g/mol. The normalized spacial score (nSPS) is 26.9. The summed E-state index contributed by atoms with van der Waals surface area (Å²) in [6.07, 6.45) is 2.28. The van der Waals surface area contributed by atoms with Gasteiger partial charge in [0.05, 0.1) is 12.1 Å². The van der Waals surface area contributed by atoms with Crippen molar-refractivity contribution >= 4 is 0 Å². The van der Waals surface area contributed by atoms with E-state index in [9.17, 15) is 0 Å². The maximum absolute atomic E-state index is 5.69. The Bertz CT molecular complexity index is 409. The highest BCUT2D eigenvalue weighted by Gasteiger charge is 2.35. The molecule has 1 heterocycles. The van der Waals surface area contributed by atoms with Crippen molar-refractivity contribution < 1.29 is 4.74 Å². The minimum absolute atomic E-state index is 0.0394. The van der Waals surface area contributed by atoms with Crippen molar-refractivity contribution in [1.29, 1.82) is 0 Å². The molecule has 0 saturated carbocycles. The molecule has 1 aromatic carbocycles. The second-order valence-electron chi connectivity index (χ2n) is 6.22. The summed E-state index contributed by atoms with van der Waals surface area (Å²) in [6.45, 7) is 11.6. The van der Waals surface area contributed by atoms with Crippen LogP contribution in [-0.4, -0.2) is 43.8 Å². The Kier molecular flexibility index (Phi) is 6.22. The van der Waals surface area contributed by atoms with Gasteiger partial charge in [-0.15, -0.1) is 0 Å². The van der Waals surface area contributed by atoms with Crippen molar-refractivity contribution in [3.63, 3.8) is 0 Å². The molecule has 0 aliphatic carbocycles. The Morgan fingerprint density at radius 3 is 2.67 bits per heavy atom. The summed E-state index contributed by atoms with van der Waals surface area (Å²) in [4.78, 5) is 2.60. The van der Waals surface area contributed by atoms with E-state index in [2.05, 4.69) is 61.3 Å². The third-order valence-electron chi connectivity index (χ3n) is 4.52. The highest BCUT2D eigenvalue weighted by Crippen LogP contribution is 2.27. The van der Waals surface area contributed by atoms with Gasteiger partial charge in [-0.2, -0.15) is 0 Å². The fraction of sp³-hybridized carbons (Fsp3) is 0.667. The molecule has 2 unspecified atom stereocenters. The molecule has 3 nitrogen and oxygen atoms in total. The molecule has 0 amide bonds. The van der Waals surface area contributed by atoms with E-state index in [1.165, 1.54) is 12.0 Å². The number of hydrogen-bond acceptors (Lipinski definition) is 3. The predicted octanol–water partition coefficient (Wildman–Crippen LogP) is 3.01. The molecular weight excluding hydrogens is 260 g/mol. The van der Waals surface area contributed by atoms with E-state index in [4.69, 9.17) is 4.74 Å². The lowest BCUT2D eigenvalue weighted by molar-refractivity contribution is 0.0428. The third-order valence-corrected chi connectivity index (χ3v) is 4.52. The van der Waals surface area contributed by atoms with Crippen molar-refractivity contribution in [3.05, 3.63) is 35.9 Å². The molecule has 2 rings (SSSR count). The van der Waals surface area contributed by atoms with Crippen molar-refractivity contribution in [2.24, 2.45) is 0 Å². The van der Waals surface area contributed by atoms with Gasteiger partial charge in [0.25, 0.3) is 0 Å². The second kappa shape index (κ2) is 7.92. The maximum Gasteiger partial charge on any atom is 0.0593 e. The Morgan fingerprint density at radius 1 is 1.24 bits per heavy atom. The molecule has 0 spiro atoms. The fourth-order valence-electron chi connectivity index (χ4n) is 3.16. The van der Waals surface area contributed by atoms with Crippen LogP contribution in [0.2, 0.25) is 0 Å². The van der Waals surface area contributed by atoms with Gasteiger partial charge in [-0.3, -0.25) is 4.90 Å². The molecular formula is C18H30N2O. The fourth-order valence-corrected chi connectivity index (χ4v) is 3.16. The zero-order chi connectivity index (χ0) is 15.1. The Balaban J connectivity index is 2.00. The summed E-state index contributed by atoms with van der Waals surface area (Å²) in [6, 6.07) is 11.4. The van der Waals surface area contributed by atoms with E-state index in [0.717, 1.165) is 39.3 Å². The number of hydrogen-bond donors (Lipinski definition) is 1. The zero-order valence-electron chi connectivity index (χ0n) is 13.8. The molecule has 0 aromatic heterocycles. The van der Waals surface area contributed by atoms with E-state index in [0.29, 0.717) is 6.04 Å². The number of rotatable bonds is 7. The van der Waals surface area contributed by atoms with Crippen LogP contribution in [0.15, 0.2) is 30.3 Å². The first-order valence-corrected chi connectivity index (χ1v) is 8.32. The molecule has 1 fully saturated rings. The highest BCUT2D eigenvalue weighted by atomic mass is 16.5.